The second-order valence-electron chi connectivity index (χ2n) is 7.51. The zero-order chi connectivity index (χ0) is 18.7. The molecule has 1 saturated carbocycles. The van der Waals surface area contributed by atoms with Gasteiger partial charge in [-0.1, -0.05) is 38.1 Å². The van der Waals surface area contributed by atoms with Gasteiger partial charge < -0.3 is 9.47 Å². The van der Waals surface area contributed by atoms with Gasteiger partial charge >= 0.3 is 0 Å². The molecule has 0 radical (unpaired) electrons. The van der Waals surface area contributed by atoms with Gasteiger partial charge in [0, 0.05) is 17.7 Å². The van der Waals surface area contributed by atoms with E-state index in [2.05, 4.69) is 60.4 Å². The van der Waals surface area contributed by atoms with Crippen molar-refractivity contribution in [3.8, 4) is 17.4 Å². The number of aromatic nitrogens is 2. The quantitative estimate of drug-likeness (QED) is 0.580. The summed E-state index contributed by atoms with van der Waals surface area (Å²) in [7, 11) is 0. The van der Waals surface area contributed by atoms with Crippen molar-refractivity contribution in [1.82, 2.24) is 10.2 Å². The SMILES string of the molecule is CC(C)(c1ccc(Oc2cccnn2)cc1)c1ccc(OC2CCC2)cc1. The molecule has 1 heterocycles. The van der Waals surface area contributed by atoms with E-state index in [1.54, 1.807) is 18.3 Å². The maximum Gasteiger partial charge on any atom is 0.238 e. The van der Waals surface area contributed by atoms with E-state index in [4.69, 9.17) is 9.47 Å². The maximum atomic E-state index is 5.97. The predicted octanol–water partition coefficient (Wildman–Crippen LogP) is 5.53. The largest absolute Gasteiger partial charge is 0.490 e. The van der Waals surface area contributed by atoms with Gasteiger partial charge in [0.2, 0.25) is 5.88 Å². The van der Waals surface area contributed by atoms with Gasteiger partial charge in [-0.25, -0.2) is 0 Å². The van der Waals surface area contributed by atoms with Crippen molar-refractivity contribution in [2.24, 2.45) is 0 Å². The Kier molecular flexibility index (Phi) is 4.80. The monoisotopic (exact) mass is 360 g/mol. The van der Waals surface area contributed by atoms with Crippen LogP contribution in [-0.4, -0.2) is 16.3 Å². The Morgan fingerprint density at radius 3 is 2.00 bits per heavy atom. The Labute approximate surface area is 160 Å². The van der Waals surface area contributed by atoms with Crippen LogP contribution >= 0.6 is 0 Å². The topological polar surface area (TPSA) is 44.2 Å². The molecule has 0 aliphatic heterocycles. The summed E-state index contributed by atoms with van der Waals surface area (Å²) in [6.07, 6.45) is 5.67. The third kappa shape index (κ3) is 3.95. The summed E-state index contributed by atoms with van der Waals surface area (Å²) in [4.78, 5) is 0. The molecule has 0 bridgehead atoms. The lowest BCUT2D eigenvalue weighted by atomic mass is 9.78. The van der Waals surface area contributed by atoms with Crippen molar-refractivity contribution in [2.75, 3.05) is 0 Å². The molecule has 0 unspecified atom stereocenters. The average molecular weight is 360 g/mol. The summed E-state index contributed by atoms with van der Waals surface area (Å²) in [6.45, 7) is 4.46. The summed E-state index contributed by atoms with van der Waals surface area (Å²) in [5, 5.41) is 7.77. The lowest BCUT2D eigenvalue weighted by Crippen LogP contribution is -2.24. The molecule has 138 valence electrons. The molecule has 1 aromatic heterocycles. The van der Waals surface area contributed by atoms with Gasteiger partial charge in [0.05, 0.1) is 6.10 Å². The molecular weight excluding hydrogens is 336 g/mol. The molecular formula is C23H24N2O2. The number of hydrogen-bond acceptors (Lipinski definition) is 4. The number of ether oxygens (including phenoxy) is 2. The first kappa shape index (κ1) is 17.5. The molecule has 4 heteroatoms. The van der Waals surface area contributed by atoms with Gasteiger partial charge in [-0.15, -0.1) is 5.10 Å². The highest BCUT2D eigenvalue weighted by Gasteiger charge is 2.24. The smallest absolute Gasteiger partial charge is 0.238 e. The summed E-state index contributed by atoms with van der Waals surface area (Å²) < 4.78 is 11.7. The second kappa shape index (κ2) is 7.39. The van der Waals surface area contributed by atoms with Crippen LogP contribution in [0.3, 0.4) is 0 Å². The minimum Gasteiger partial charge on any atom is -0.490 e. The molecule has 4 rings (SSSR count). The molecule has 0 N–H and O–H groups in total. The molecule has 0 amide bonds. The fourth-order valence-corrected chi connectivity index (χ4v) is 3.20. The van der Waals surface area contributed by atoms with Gasteiger partial charge in [0.25, 0.3) is 0 Å². The summed E-state index contributed by atoms with van der Waals surface area (Å²) >= 11 is 0. The van der Waals surface area contributed by atoms with E-state index in [9.17, 15) is 0 Å². The van der Waals surface area contributed by atoms with Crippen LogP contribution in [0.2, 0.25) is 0 Å². The van der Waals surface area contributed by atoms with Gasteiger partial charge in [-0.3, -0.25) is 0 Å². The Bertz CT molecular complexity index is 871. The fourth-order valence-electron chi connectivity index (χ4n) is 3.20. The number of benzene rings is 2. The third-order valence-electron chi connectivity index (χ3n) is 5.28. The highest BCUT2D eigenvalue weighted by atomic mass is 16.5. The number of hydrogen-bond donors (Lipinski definition) is 0. The molecule has 1 fully saturated rings. The first-order valence-electron chi connectivity index (χ1n) is 9.44. The number of rotatable bonds is 6. The molecule has 0 spiro atoms. The lowest BCUT2D eigenvalue weighted by Gasteiger charge is -2.28. The van der Waals surface area contributed by atoms with Gasteiger partial charge in [-0.05, 0) is 60.7 Å². The lowest BCUT2D eigenvalue weighted by molar-refractivity contribution is 0.120. The van der Waals surface area contributed by atoms with E-state index in [-0.39, 0.29) is 5.41 Å². The van der Waals surface area contributed by atoms with Gasteiger partial charge in [0.1, 0.15) is 11.5 Å². The van der Waals surface area contributed by atoms with Crippen LogP contribution in [0.1, 0.15) is 44.2 Å². The highest BCUT2D eigenvalue weighted by molar-refractivity contribution is 5.42. The standard InChI is InChI=1S/C23H24N2O2/c1-23(2,17-8-12-20(13-9-17)26-19-5-3-6-19)18-10-14-21(15-11-18)27-22-7-4-16-24-25-22/h4,7-16,19H,3,5-6H2,1-2H3. The predicted molar refractivity (Wildman–Crippen MR) is 105 cm³/mol. The summed E-state index contributed by atoms with van der Waals surface area (Å²) in [5.41, 5.74) is 2.37. The van der Waals surface area contributed by atoms with Crippen molar-refractivity contribution in [3.63, 3.8) is 0 Å². The van der Waals surface area contributed by atoms with Crippen LogP contribution < -0.4 is 9.47 Å². The molecule has 1 aliphatic carbocycles. The average Bonchev–Trinajstić information content (AvgIpc) is 2.66. The van der Waals surface area contributed by atoms with Gasteiger partial charge in [0.15, 0.2) is 0 Å². The van der Waals surface area contributed by atoms with Gasteiger partial charge in [-0.2, -0.15) is 5.10 Å². The van der Waals surface area contributed by atoms with E-state index in [1.165, 1.54) is 30.4 Å². The van der Waals surface area contributed by atoms with Crippen molar-refractivity contribution >= 4 is 0 Å². The molecule has 2 aromatic carbocycles. The summed E-state index contributed by atoms with van der Waals surface area (Å²) in [5.74, 6) is 2.21. The second-order valence-corrected chi connectivity index (χ2v) is 7.51. The zero-order valence-corrected chi connectivity index (χ0v) is 15.8. The van der Waals surface area contributed by atoms with Crippen molar-refractivity contribution < 1.29 is 9.47 Å². The van der Waals surface area contributed by atoms with Crippen LogP contribution in [0.5, 0.6) is 17.4 Å². The van der Waals surface area contributed by atoms with E-state index >= 15 is 0 Å². The summed E-state index contributed by atoms with van der Waals surface area (Å²) in [6, 6.07) is 20.2. The van der Waals surface area contributed by atoms with E-state index in [0.29, 0.717) is 12.0 Å². The fraction of sp³-hybridized carbons (Fsp3) is 0.304. The molecule has 0 atom stereocenters. The molecule has 0 saturated heterocycles. The van der Waals surface area contributed by atoms with Crippen LogP contribution in [0.25, 0.3) is 0 Å². The Morgan fingerprint density at radius 1 is 0.852 bits per heavy atom. The normalized spacial score (nSPS) is 14.4. The first-order chi connectivity index (χ1) is 13.1. The van der Waals surface area contributed by atoms with Crippen LogP contribution in [-0.2, 0) is 5.41 Å². The maximum absolute atomic E-state index is 5.97. The zero-order valence-electron chi connectivity index (χ0n) is 15.8. The Hall–Kier alpha value is -2.88. The molecule has 3 aromatic rings. The van der Waals surface area contributed by atoms with E-state index in [0.717, 1.165) is 11.5 Å². The minimum absolute atomic E-state index is 0.111. The Morgan fingerprint density at radius 2 is 1.48 bits per heavy atom. The Balaban J connectivity index is 1.47. The molecule has 27 heavy (non-hydrogen) atoms. The molecule has 1 aliphatic rings. The third-order valence-corrected chi connectivity index (χ3v) is 5.28. The molecule has 4 nitrogen and oxygen atoms in total. The van der Waals surface area contributed by atoms with Crippen molar-refractivity contribution in [1.29, 1.82) is 0 Å². The van der Waals surface area contributed by atoms with Crippen molar-refractivity contribution in [2.45, 2.75) is 44.6 Å². The van der Waals surface area contributed by atoms with E-state index in [1.807, 2.05) is 12.1 Å². The van der Waals surface area contributed by atoms with Crippen molar-refractivity contribution in [3.05, 3.63) is 78.0 Å². The number of nitrogens with zero attached hydrogens (tertiary/aromatic N) is 2. The van der Waals surface area contributed by atoms with Crippen LogP contribution in [0.15, 0.2) is 66.9 Å². The van der Waals surface area contributed by atoms with Crippen LogP contribution in [0.4, 0.5) is 0 Å². The van der Waals surface area contributed by atoms with Crippen LogP contribution in [0, 0.1) is 0 Å². The highest BCUT2D eigenvalue weighted by Crippen LogP contribution is 2.34. The van der Waals surface area contributed by atoms with E-state index < -0.39 is 0 Å². The first-order valence-corrected chi connectivity index (χ1v) is 9.44. The minimum atomic E-state index is -0.111.